The molecule has 2 aromatic rings. The minimum atomic E-state index is -0.253. The van der Waals surface area contributed by atoms with Gasteiger partial charge >= 0.3 is 0 Å². The highest BCUT2D eigenvalue weighted by Crippen LogP contribution is 2.41. The van der Waals surface area contributed by atoms with Crippen LogP contribution >= 0.6 is 12.4 Å². The summed E-state index contributed by atoms with van der Waals surface area (Å²) in [5, 5.41) is 13.7. The lowest BCUT2D eigenvalue weighted by atomic mass is 9.79. The van der Waals surface area contributed by atoms with Crippen LogP contribution < -0.4 is 11.1 Å². The molecule has 0 bridgehead atoms. The molecule has 0 spiro atoms. The number of pyridine rings is 1. The Morgan fingerprint density at radius 3 is 1.96 bits per heavy atom. The van der Waals surface area contributed by atoms with Crippen LogP contribution in [0, 0.1) is 6.92 Å². The van der Waals surface area contributed by atoms with Crippen molar-refractivity contribution in [3.05, 3.63) is 46.6 Å². The number of carbonyl (C=O) groups excluding carboxylic acids is 1. The van der Waals surface area contributed by atoms with E-state index in [0.29, 0.717) is 22.9 Å². The second-order valence-corrected chi connectivity index (χ2v) is 9.21. The van der Waals surface area contributed by atoms with E-state index in [0.717, 1.165) is 16.7 Å². The summed E-state index contributed by atoms with van der Waals surface area (Å²) in [5.41, 5.74) is 9.16. The lowest BCUT2D eigenvalue weighted by molar-refractivity contribution is -0.115. The minimum absolute atomic E-state index is 0. The van der Waals surface area contributed by atoms with Gasteiger partial charge in [-0.25, -0.2) is 4.98 Å². The van der Waals surface area contributed by atoms with Gasteiger partial charge in [0.25, 0.3) is 0 Å². The van der Waals surface area contributed by atoms with Crippen molar-refractivity contribution in [1.82, 2.24) is 4.98 Å². The fraction of sp³-hybridized carbons (Fsp3) is 0.455. The van der Waals surface area contributed by atoms with Crippen molar-refractivity contribution in [1.29, 1.82) is 0 Å². The second-order valence-electron chi connectivity index (χ2n) is 9.21. The smallest absolute Gasteiger partial charge is 0.230 e. The van der Waals surface area contributed by atoms with E-state index in [1.165, 1.54) is 0 Å². The van der Waals surface area contributed by atoms with E-state index >= 15 is 0 Å². The fourth-order valence-electron chi connectivity index (χ4n) is 3.08. The highest BCUT2D eigenvalue weighted by atomic mass is 35.5. The molecule has 1 aromatic heterocycles. The molecule has 0 saturated carbocycles. The van der Waals surface area contributed by atoms with E-state index in [9.17, 15) is 9.90 Å². The number of nitrogen functional groups attached to an aromatic ring is 1. The molecule has 0 radical (unpaired) electrons. The van der Waals surface area contributed by atoms with Crippen LogP contribution in [0.25, 0.3) is 0 Å². The molecule has 154 valence electrons. The number of hydrogen-bond acceptors (Lipinski definition) is 4. The van der Waals surface area contributed by atoms with Crippen LogP contribution in [-0.2, 0) is 22.0 Å². The molecule has 0 aliphatic carbocycles. The molecule has 0 unspecified atom stereocenters. The van der Waals surface area contributed by atoms with Crippen molar-refractivity contribution in [3.63, 3.8) is 0 Å². The number of nitrogens with zero attached hydrogens (tertiary/aromatic N) is 1. The van der Waals surface area contributed by atoms with Gasteiger partial charge < -0.3 is 16.2 Å². The van der Waals surface area contributed by atoms with E-state index in [2.05, 4.69) is 10.3 Å². The van der Waals surface area contributed by atoms with Gasteiger partial charge in [0.05, 0.1) is 12.1 Å². The maximum Gasteiger partial charge on any atom is 0.230 e. The van der Waals surface area contributed by atoms with Gasteiger partial charge in [-0.15, -0.1) is 12.4 Å². The molecule has 1 aromatic carbocycles. The number of phenolic OH excluding ortho intramolecular Hbond substituents is 1. The monoisotopic (exact) mass is 405 g/mol. The molecule has 0 atom stereocenters. The Hall–Kier alpha value is -2.27. The predicted octanol–water partition coefficient (Wildman–Crippen LogP) is 4.88. The summed E-state index contributed by atoms with van der Waals surface area (Å²) in [5.74, 6) is 0.534. The summed E-state index contributed by atoms with van der Waals surface area (Å²) in [6.45, 7) is 14.2. The van der Waals surface area contributed by atoms with Crippen molar-refractivity contribution < 1.29 is 9.90 Å². The molecule has 0 aliphatic heterocycles. The zero-order valence-electron chi connectivity index (χ0n) is 17.8. The molecule has 0 fully saturated rings. The van der Waals surface area contributed by atoms with Crippen LogP contribution in [0.1, 0.15) is 63.9 Å². The average molecular weight is 406 g/mol. The summed E-state index contributed by atoms with van der Waals surface area (Å²) < 4.78 is 0. The predicted molar refractivity (Wildman–Crippen MR) is 118 cm³/mol. The SMILES string of the molecule is Cc1cc(N)nc(CC(=O)Nc2cc(C(C)(C)C)c(O)c(C(C)(C)C)c2)c1.Cl. The number of halogens is 1. The number of aromatic nitrogens is 1. The van der Waals surface area contributed by atoms with E-state index in [4.69, 9.17) is 5.73 Å². The lowest BCUT2D eigenvalue weighted by Crippen LogP contribution is -2.20. The van der Waals surface area contributed by atoms with Gasteiger partial charge in [-0.3, -0.25) is 4.79 Å². The number of anilines is 2. The van der Waals surface area contributed by atoms with Crippen LogP contribution in [0.4, 0.5) is 11.5 Å². The first-order valence-electron chi connectivity index (χ1n) is 9.18. The zero-order chi connectivity index (χ0) is 20.6. The standard InChI is InChI=1S/C22H31N3O2.ClH/c1-13-8-14(24-18(23)9-13)12-19(26)25-15-10-16(21(2,3)4)20(27)17(11-15)22(5,6)7;/h8-11,27H,12H2,1-7H3,(H2,23,24)(H,25,26);1H. The Bertz CT molecular complexity index is 810. The van der Waals surface area contributed by atoms with Gasteiger partial charge in [-0.05, 0) is 47.6 Å². The van der Waals surface area contributed by atoms with Crippen molar-refractivity contribution in [2.45, 2.75) is 65.7 Å². The molecule has 0 saturated heterocycles. The molecule has 6 heteroatoms. The maximum absolute atomic E-state index is 12.6. The molecule has 2 rings (SSSR count). The quantitative estimate of drug-likeness (QED) is 0.635. The third-order valence-electron chi connectivity index (χ3n) is 4.39. The summed E-state index contributed by atoms with van der Waals surface area (Å²) in [4.78, 5) is 16.8. The molecular formula is C22H32ClN3O2. The average Bonchev–Trinajstić information content (AvgIpc) is 2.45. The number of nitrogens with one attached hydrogen (secondary N) is 1. The number of phenols is 1. The molecule has 1 heterocycles. The number of benzene rings is 1. The highest BCUT2D eigenvalue weighted by Gasteiger charge is 2.26. The summed E-state index contributed by atoms with van der Waals surface area (Å²) >= 11 is 0. The molecule has 0 aliphatic rings. The Morgan fingerprint density at radius 1 is 1.04 bits per heavy atom. The van der Waals surface area contributed by atoms with Crippen LogP contribution in [0.5, 0.6) is 5.75 Å². The number of hydrogen-bond donors (Lipinski definition) is 3. The largest absolute Gasteiger partial charge is 0.507 e. The number of carbonyl (C=O) groups is 1. The number of aromatic hydroxyl groups is 1. The van der Waals surface area contributed by atoms with Gasteiger partial charge in [0.15, 0.2) is 0 Å². The van der Waals surface area contributed by atoms with Crippen molar-refractivity contribution in [2.75, 3.05) is 11.1 Å². The summed E-state index contributed by atoms with van der Waals surface area (Å²) in [6, 6.07) is 7.32. The third-order valence-corrected chi connectivity index (χ3v) is 4.39. The molecule has 28 heavy (non-hydrogen) atoms. The first-order valence-corrected chi connectivity index (χ1v) is 9.18. The normalized spacial score (nSPS) is 11.7. The second kappa shape index (κ2) is 8.39. The zero-order valence-corrected chi connectivity index (χ0v) is 18.6. The Labute approximate surface area is 174 Å². The van der Waals surface area contributed by atoms with Gasteiger partial charge in [0.1, 0.15) is 11.6 Å². The van der Waals surface area contributed by atoms with Crippen LogP contribution in [0.15, 0.2) is 24.3 Å². The van der Waals surface area contributed by atoms with Crippen molar-refractivity contribution >= 4 is 29.8 Å². The van der Waals surface area contributed by atoms with E-state index in [-0.39, 0.29) is 35.6 Å². The Balaban J connectivity index is 0.00000392. The molecule has 4 N–H and O–H groups in total. The topological polar surface area (TPSA) is 88.2 Å². The Morgan fingerprint density at radius 2 is 1.54 bits per heavy atom. The summed E-state index contributed by atoms with van der Waals surface area (Å²) in [7, 11) is 0. The molecule has 5 nitrogen and oxygen atoms in total. The number of nitrogens with two attached hydrogens (primary N) is 1. The van der Waals surface area contributed by atoms with Gasteiger partial charge in [0, 0.05) is 16.8 Å². The summed E-state index contributed by atoms with van der Waals surface area (Å²) in [6.07, 6.45) is 0.141. The minimum Gasteiger partial charge on any atom is -0.507 e. The van der Waals surface area contributed by atoms with Gasteiger partial charge in [-0.2, -0.15) is 0 Å². The van der Waals surface area contributed by atoms with Crippen LogP contribution in [0.3, 0.4) is 0 Å². The number of aryl methyl sites for hydroxylation is 1. The fourth-order valence-corrected chi connectivity index (χ4v) is 3.08. The van der Waals surface area contributed by atoms with Crippen LogP contribution in [-0.4, -0.2) is 16.0 Å². The van der Waals surface area contributed by atoms with Gasteiger partial charge in [0.2, 0.25) is 5.91 Å². The van der Waals surface area contributed by atoms with Gasteiger partial charge in [-0.1, -0.05) is 41.5 Å². The molecule has 1 amide bonds. The van der Waals surface area contributed by atoms with E-state index in [1.54, 1.807) is 6.07 Å². The molecular weight excluding hydrogens is 374 g/mol. The Kier molecular flexibility index (Phi) is 7.13. The first kappa shape index (κ1) is 23.8. The van der Waals surface area contributed by atoms with E-state index < -0.39 is 0 Å². The van der Waals surface area contributed by atoms with Crippen molar-refractivity contribution in [2.24, 2.45) is 0 Å². The number of amides is 1. The first-order chi connectivity index (χ1) is 12.3. The maximum atomic E-state index is 12.6. The van der Waals surface area contributed by atoms with E-state index in [1.807, 2.05) is 66.7 Å². The van der Waals surface area contributed by atoms with Crippen molar-refractivity contribution in [3.8, 4) is 5.75 Å². The van der Waals surface area contributed by atoms with Crippen LogP contribution in [0.2, 0.25) is 0 Å². The third kappa shape index (κ3) is 5.86. The lowest BCUT2D eigenvalue weighted by Gasteiger charge is -2.28. The number of rotatable bonds is 3. The highest BCUT2D eigenvalue weighted by molar-refractivity contribution is 5.92.